The Morgan fingerprint density at radius 2 is 1.69 bits per heavy atom. The number of nitrogens with zero attached hydrogens (tertiary/aromatic N) is 2. The Kier molecular flexibility index (Phi) is 6.77. The Hall–Kier alpha value is -3.88. The number of nitrogens with one attached hydrogen (secondary N) is 1. The Balaban J connectivity index is 1.68. The van der Waals surface area contributed by atoms with Crippen molar-refractivity contribution in [1.82, 2.24) is 9.80 Å². The van der Waals surface area contributed by atoms with Gasteiger partial charge < -0.3 is 20.5 Å². The maximum Gasteiger partial charge on any atom is 0.326 e. The summed E-state index contributed by atoms with van der Waals surface area (Å²) in [5.74, 6) is -1.72. The van der Waals surface area contributed by atoms with Crippen LogP contribution >= 0.6 is 0 Å². The SMILES string of the molecule is CN(C)C(=O)N1C(=O)[C@H](CC(=O)O)C[C@H]1COc1ccc(-c2ccc(C(=N)N)cc2)cc1. The van der Waals surface area contributed by atoms with Gasteiger partial charge in [-0.25, -0.2) is 4.79 Å². The van der Waals surface area contributed by atoms with E-state index in [0.29, 0.717) is 11.3 Å². The molecule has 9 nitrogen and oxygen atoms in total. The second-order valence-electron chi connectivity index (χ2n) is 7.90. The molecule has 1 fully saturated rings. The molecule has 1 aliphatic heterocycles. The highest BCUT2D eigenvalue weighted by molar-refractivity contribution is 5.98. The Labute approximate surface area is 185 Å². The summed E-state index contributed by atoms with van der Waals surface area (Å²) in [6, 6.07) is 13.6. The summed E-state index contributed by atoms with van der Waals surface area (Å²) < 4.78 is 5.84. The molecule has 168 valence electrons. The number of nitrogens with two attached hydrogens (primary N) is 1. The highest BCUT2D eigenvalue weighted by Gasteiger charge is 2.44. The number of urea groups is 1. The van der Waals surface area contributed by atoms with E-state index >= 15 is 0 Å². The van der Waals surface area contributed by atoms with E-state index < -0.39 is 29.9 Å². The summed E-state index contributed by atoms with van der Waals surface area (Å²) >= 11 is 0. The van der Waals surface area contributed by atoms with Crippen molar-refractivity contribution in [1.29, 1.82) is 5.41 Å². The van der Waals surface area contributed by atoms with E-state index in [1.54, 1.807) is 38.4 Å². The van der Waals surface area contributed by atoms with Gasteiger partial charge in [0.15, 0.2) is 0 Å². The Morgan fingerprint density at radius 1 is 1.12 bits per heavy atom. The zero-order valence-electron chi connectivity index (χ0n) is 17.9. The van der Waals surface area contributed by atoms with Gasteiger partial charge in [0.2, 0.25) is 5.91 Å². The zero-order chi connectivity index (χ0) is 23.4. The standard InChI is InChI=1S/C23H26N4O5/c1-26(2)23(31)27-18(11-17(22(27)30)12-20(28)29)13-32-19-9-7-15(8-10-19)14-3-5-16(6-4-14)21(24)25/h3-10,17-18H,11-13H2,1-2H3,(H3,24,25)(H,28,29)/t17-,18-/m0/s1. The maximum atomic E-state index is 12.6. The number of amidine groups is 1. The summed E-state index contributed by atoms with van der Waals surface area (Å²) in [5, 5.41) is 16.5. The average molecular weight is 438 g/mol. The van der Waals surface area contributed by atoms with Gasteiger partial charge in [0, 0.05) is 19.7 Å². The zero-order valence-corrected chi connectivity index (χ0v) is 17.9. The first-order valence-electron chi connectivity index (χ1n) is 10.1. The number of carbonyl (C=O) groups excluding carboxylic acids is 2. The number of hydrogen-bond acceptors (Lipinski definition) is 5. The highest BCUT2D eigenvalue weighted by atomic mass is 16.5. The van der Waals surface area contributed by atoms with E-state index in [1.165, 1.54) is 4.90 Å². The van der Waals surface area contributed by atoms with Crippen LogP contribution in [0, 0.1) is 11.3 Å². The summed E-state index contributed by atoms with van der Waals surface area (Å²) in [6.07, 6.45) is -0.0745. The number of ether oxygens (including phenoxy) is 1. The predicted octanol–water partition coefficient (Wildman–Crippen LogP) is 2.39. The predicted molar refractivity (Wildman–Crippen MR) is 118 cm³/mol. The lowest BCUT2D eigenvalue weighted by atomic mass is 10.0. The van der Waals surface area contributed by atoms with Crippen molar-refractivity contribution < 1.29 is 24.2 Å². The van der Waals surface area contributed by atoms with Crippen LogP contribution in [0.3, 0.4) is 0 Å². The summed E-state index contributed by atoms with van der Waals surface area (Å²) in [5.41, 5.74) is 8.05. The van der Waals surface area contributed by atoms with Crippen LogP contribution in [-0.4, -0.2) is 65.4 Å². The number of carbonyl (C=O) groups is 3. The molecular weight excluding hydrogens is 412 g/mol. The van der Waals surface area contributed by atoms with E-state index in [9.17, 15) is 14.4 Å². The van der Waals surface area contributed by atoms with E-state index in [2.05, 4.69) is 0 Å². The number of amides is 3. The molecular formula is C23H26N4O5. The second-order valence-corrected chi connectivity index (χ2v) is 7.90. The van der Waals surface area contributed by atoms with Crippen LogP contribution in [0.25, 0.3) is 11.1 Å². The first kappa shape index (κ1) is 22.8. The molecule has 9 heteroatoms. The smallest absolute Gasteiger partial charge is 0.326 e. The average Bonchev–Trinajstić information content (AvgIpc) is 3.06. The molecule has 1 saturated heterocycles. The van der Waals surface area contributed by atoms with Crippen LogP contribution in [0.4, 0.5) is 4.79 Å². The molecule has 0 aromatic heterocycles. The van der Waals surface area contributed by atoms with Crippen molar-refractivity contribution in [3.63, 3.8) is 0 Å². The molecule has 0 spiro atoms. The molecule has 32 heavy (non-hydrogen) atoms. The van der Waals surface area contributed by atoms with Gasteiger partial charge in [0.1, 0.15) is 18.2 Å². The lowest BCUT2D eigenvalue weighted by Crippen LogP contribution is -2.47. The fraction of sp³-hybridized carbons (Fsp3) is 0.304. The third-order valence-electron chi connectivity index (χ3n) is 5.34. The van der Waals surface area contributed by atoms with Crippen molar-refractivity contribution >= 4 is 23.7 Å². The minimum atomic E-state index is -1.07. The van der Waals surface area contributed by atoms with Crippen molar-refractivity contribution in [3.8, 4) is 16.9 Å². The van der Waals surface area contributed by atoms with E-state index in [0.717, 1.165) is 16.0 Å². The molecule has 0 bridgehead atoms. The van der Waals surface area contributed by atoms with Crippen molar-refractivity contribution in [2.75, 3.05) is 20.7 Å². The van der Waals surface area contributed by atoms with E-state index in [1.807, 2.05) is 24.3 Å². The van der Waals surface area contributed by atoms with Crippen LogP contribution in [0.1, 0.15) is 18.4 Å². The molecule has 1 aliphatic rings. The molecule has 1 heterocycles. The fourth-order valence-corrected chi connectivity index (χ4v) is 3.68. The van der Waals surface area contributed by atoms with Crippen LogP contribution in [-0.2, 0) is 9.59 Å². The highest BCUT2D eigenvalue weighted by Crippen LogP contribution is 2.29. The fourth-order valence-electron chi connectivity index (χ4n) is 3.68. The number of hydrogen-bond donors (Lipinski definition) is 3. The largest absolute Gasteiger partial charge is 0.491 e. The van der Waals surface area contributed by atoms with Crippen LogP contribution in [0.2, 0.25) is 0 Å². The molecule has 3 amide bonds. The minimum absolute atomic E-state index is 0.0121. The van der Waals surface area contributed by atoms with Gasteiger partial charge in [0.05, 0.1) is 18.4 Å². The van der Waals surface area contributed by atoms with Gasteiger partial charge in [-0.05, 0) is 29.7 Å². The Bertz CT molecular complexity index is 1020. The monoisotopic (exact) mass is 438 g/mol. The van der Waals surface area contributed by atoms with Gasteiger partial charge in [-0.3, -0.25) is 19.9 Å². The molecule has 2 aromatic rings. The van der Waals surface area contributed by atoms with Gasteiger partial charge in [-0.15, -0.1) is 0 Å². The number of imide groups is 1. The molecule has 0 radical (unpaired) electrons. The number of likely N-dealkylation sites (tertiary alicyclic amines) is 1. The third-order valence-corrected chi connectivity index (χ3v) is 5.34. The van der Waals surface area contributed by atoms with Gasteiger partial charge >= 0.3 is 12.0 Å². The molecule has 2 aromatic carbocycles. The summed E-state index contributed by atoms with van der Waals surface area (Å²) in [4.78, 5) is 38.6. The number of carboxylic acids is 1. The normalized spacial score (nSPS) is 17.8. The lowest BCUT2D eigenvalue weighted by Gasteiger charge is -2.26. The molecule has 0 aliphatic carbocycles. The van der Waals surface area contributed by atoms with Crippen molar-refractivity contribution in [2.24, 2.45) is 11.7 Å². The number of benzene rings is 2. The molecule has 0 saturated carbocycles. The third kappa shape index (κ3) is 5.05. The quantitative estimate of drug-likeness (QED) is 0.448. The van der Waals surface area contributed by atoms with Crippen LogP contribution in [0.5, 0.6) is 5.75 Å². The number of rotatable bonds is 7. The van der Waals surface area contributed by atoms with Crippen molar-refractivity contribution in [2.45, 2.75) is 18.9 Å². The number of nitrogen functional groups attached to an aromatic ring is 1. The van der Waals surface area contributed by atoms with Crippen LogP contribution < -0.4 is 10.5 Å². The molecule has 4 N–H and O–H groups in total. The second kappa shape index (κ2) is 9.51. The summed E-state index contributed by atoms with van der Waals surface area (Å²) in [7, 11) is 3.08. The van der Waals surface area contributed by atoms with Crippen LogP contribution in [0.15, 0.2) is 48.5 Å². The minimum Gasteiger partial charge on any atom is -0.491 e. The number of carboxylic acid groups (broad SMARTS) is 1. The Morgan fingerprint density at radius 3 is 2.19 bits per heavy atom. The topological polar surface area (TPSA) is 137 Å². The molecule has 0 unspecified atom stereocenters. The van der Waals surface area contributed by atoms with Gasteiger partial charge in [0.25, 0.3) is 0 Å². The number of aliphatic carboxylic acids is 1. The van der Waals surface area contributed by atoms with E-state index in [-0.39, 0.29) is 25.3 Å². The lowest BCUT2D eigenvalue weighted by molar-refractivity contribution is -0.141. The molecule has 3 rings (SSSR count). The first-order chi connectivity index (χ1) is 15.2. The van der Waals surface area contributed by atoms with Gasteiger partial charge in [-0.2, -0.15) is 0 Å². The van der Waals surface area contributed by atoms with Gasteiger partial charge in [-0.1, -0.05) is 36.4 Å². The summed E-state index contributed by atoms with van der Waals surface area (Å²) in [6.45, 7) is 0.0775. The van der Waals surface area contributed by atoms with Crippen molar-refractivity contribution in [3.05, 3.63) is 54.1 Å². The first-order valence-corrected chi connectivity index (χ1v) is 10.1. The maximum absolute atomic E-state index is 12.6. The van der Waals surface area contributed by atoms with E-state index in [4.69, 9.17) is 21.0 Å². The molecule has 2 atom stereocenters.